The Balaban J connectivity index is 0.00000148. The molecule has 0 saturated heterocycles. The maximum atomic E-state index is 13.4. The second kappa shape index (κ2) is 20.5. The van der Waals surface area contributed by atoms with Crippen LogP contribution >= 0.6 is 11.6 Å². The highest BCUT2D eigenvalue weighted by Gasteiger charge is 2.35. The van der Waals surface area contributed by atoms with Crippen LogP contribution in [0.1, 0.15) is 93.6 Å². The first-order valence-electron chi connectivity index (χ1n) is 17.8. The van der Waals surface area contributed by atoms with Gasteiger partial charge in [-0.05, 0) is 119 Å². The number of carbonyl (C=O) groups is 1. The van der Waals surface area contributed by atoms with Crippen LogP contribution < -0.4 is 14.4 Å². The Labute approximate surface area is 297 Å². The molecule has 48 heavy (non-hydrogen) atoms. The van der Waals surface area contributed by atoms with Gasteiger partial charge in [0.05, 0.1) is 30.8 Å². The molecule has 1 fully saturated rings. The van der Waals surface area contributed by atoms with Crippen molar-refractivity contribution in [3.8, 4) is 5.75 Å². The summed E-state index contributed by atoms with van der Waals surface area (Å²) in [5, 5.41) is 9.68. The highest BCUT2D eigenvalue weighted by atomic mass is 35.5. The average molecular weight is 706 g/mol. The van der Waals surface area contributed by atoms with E-state index in [0.717, 1.165) is 68.1 Å². The average Bonchev–Trinajstić information content (AvgIpc) is 3.21. The van der Waals surface area contributed by atoms with E-state index in [0.29, 0.717) is 37.2 Å². The van der Waals surface area contributed by atoms with Crippen LogP contribution in [0, 0.1) is 17.8 Å². The maximum absolute atomic E-state index is 13.4. The van der Waals surface area contributed by atoms with E-state index in [-0.39, 0.29) is 29.6 Å². The van der Waals surface area contributed by atoms with Gasteiger partial charge in [-0.1, -0.05) is 51.3 Å². The number of hydrogen-bond acceptors (Lipinski definition) is 7. The van der Waals surface area contributed by atoms with Gasteiger partial charge in [-0.2, -0.15) is 0 Å². The van der Waals surface area contributed by atoms with E-state index in [4.69, 9.17) is 26.2 Å². The zero-order chi connectivity index (χ0) is 35.2. The van der Waals surface area contributed by atoms with Crippen LogP contribution in [-0.4, -0.2) is 86.0 Å². The predicted octanol–water partition coefficient (Wildman–Crippen LogP) is 7.10. The van der Waals surface area contributed by atoms with Crippen molar-refractivity contribution < 1.29 is 23.6 Å². The maximum Gasteiger partial charge on any atom is 0.263 e. The summed E-state index contributed by atoms with van der Waals surface area (Å²) in [5.74, 6) is 1.90. The molecule has 6 atom stereocenters. The van der Waals surface area contributed by atoms with Crippen molar-refractivity contribution in [2.75, 3.05) is 65.6 Å². The Kier molecular flexibility index (Phi) is 17.2. The van der Waals surface area contributed by atoms with Crippen LogP contribution in [0.25, 0.3) is 0 Å². The Hall–Kier alpha value is -2.17. The van der Waals surface area contributed by atoms with E-state index >= 15 is 0 Å². The molecule has 270 valence electrons. The number of halogens is 1. The molecule has 1 saturated carbocycles. The van der Waals surface area contributed by atoms with E-state index < -0.39 is 11.0 Å². The second-order valence-corrected chi connectivity index (χ2v) is 15.9. The number of carbonyl (C=O) groups excluding carboxylic acids is 1. The van der Waals surface area contributed by atoms with Gasteiger partial charge >= 0.3 is 0 Å². The molecule has 1 heterocycles. The van der Waals surface area contributed by atoms with Crippen molar-refractivity contribution in [1.29, 1.82) is 0 Å². The molecular weight excluding hydrogens is 646 g/mol. The minimum Gasteiger partial charge on any atom is -0.491 e. The Morgan fingerprint density at radius 2 is 1.83 bits per heavy atom. The van der Waals surface area contributed by atoms with E-state index in [1.807, 2.05) is 51.2 Å². The zero-order valence-electron chi connectivity index (χ0n) is 30.3. The molecule has 8 nitrogen and oxygen atoms in total. The summed E-state index contributed by atoms with van der Waals surface area (Å²) in [5.41, 5.74) is 3.92. The van der Waals surface area contributed by atoms with Gasteiger partial charge in [-0.25, -0.2) is 4.21 Å². The molecule has 0 bridgehead atoms. The summed E-state index contributed by atoms with van der Waals surface area (Å²) in [6, 6.07) is 11.8. The molecule has 4 rings (SSSR count). The first-order chi connectivity index (χ1) is 23.0. The van der Waals surface area contributed by atoms with Crippen LogP contribution in [0.5, 0.6) is 5.75 Å². The molecular formula is C38H60ClN3O5S. The van der Waals surface area contributed by atoms with Gasteiger partial charge in [-0.15, -0.1) is 0 Å². The lowest BCUT2D eigenvalue weighted by atomic mass is 9.71. The van der Waals surface area contributed by atoms with Crippen molar-refractivity contribution >= 4 is 34.2 Å². The standard InChI is InChI=1S/C35H51ClN2O5S.C3H9N/c1-5-7-24(3)25(4)44(41)37-35(40)28-11-14-34-33(20-28)38(21-29-10-9-26(29)15-17-42-18-16-39)22-30(23-43-34)32-13-12-31(36)19-27(32)8-6-2;1-4(2)3/h11-14,19-20,24-26,29-30,39H,5-10,15-18,21-23H2,1-4H3,(H,37,40);1-3H3. The minimum absolute atomic E-state index is 0.0466. The van der Waals surface area contributed by atoms with Gasteiger partial charge in [0.2, 0.25) is 0 Å². The number of amides is 1. The van der Waals surface area contributed by atoms with Gasteiger partial charge in [-0.3, -0.25) is 9.52 Å². The second-order valence-electron chi connectivity index (χ2n) is 14.0. The van der Waals surface area contributed by atoms with Crippen molar-refractivity contribution in [1.82, 2.24) is 9.62 Å². The summed E-state index contributed by atoms with van der Waals surface area (Å²) < 4.78 is 27.8. The Bertz CT molecular complexity index is 1310. The van der Waals surface area contributed by atoms with Gasteiger partial charge in [0.25, 0.3) is 5.91 Å². The fourth-order valence-electron chi connectivity index (χ4n) is 6.54. The molecule has 10 heteroatoms. The van der Waals surface area contributed by atoms with Crippen LogP contribution in [0.2, 0.25) is 5.02 Å². The summed E-state index contributed by atoms with van der Waals surface area (Å²) in [6.45, 7) is 11.6. The zero-order valence-corrected chi connectivity index (χ0v) is 31.9. The third kappa shape index (κ3) is 12.0. The van der Waals surface area contributed by atoms with Crippen molar-refractivity contribution in [3.63, 3.8) is 0 Å². The molecule has 6 unspecified atom stereocenters. The lowest BCUT2D eigenvalue weighted by Gasteiger charge is -2.41. The molecule has 2 aromatic rings. The monoisotopic (exact) mass is 705 g/mol. The largest absolute Gasteiger partial charge is 0.491 e. The van der Waals surface area contributed by atoms with Gasteiger partial charge in [0.1, 0.15) is 16.7 Å². The first kappa shape index (κ1) is 40.3. The lowest BCUT2D eigenvalue weighted by Crippen LogP contribution is -2.40. The molecule has 2 aliphatic rings. The molecule has 0 radical (unpaired) electrons. The Morgan fingerprint density at radius 1 is 1.10 bits per heavy atom. The number of fused-ring (bicyclic) bond motifs is 1. The van der Waals surface area contributed by atoms with E-state index in [9.17, 15) is 9.00 Å². The van der Waals surface area contributed by atoms with Crippen molar-refractivity contribution in [3.05, 3.63) is 58.1 Å². The van der Waals surface area contributed by atoms with Crippen LogP contribution in [0.15, 0.2) is 36.4 Å². The van der Waals surface area contributed by atoms with Crippen LogP contribution in [-0.2, 0) is 22.1 Å². The molecule has 2 N–H and O–H groups in total. The van der Waals surface area contributed by atoms with Gasteiger partial charge in [0, 0.05) is 36.2 Å². The number of nitrogens with one attached hydrogen (secondary N) is 1. The number of anilines is 1. The van der Waals surface area contributed by atoms with E-state index in [2.05, 4.69) is 42.5 Å². The third-order valence-corrected chi connectivity index (χ3v) is 11.2. The van der Waals surface area contributed by atoms with E-state index in [1.54, 1.807) is 6.07 Å². The topological polar surface area (TPSA) is 91.3 Å². The third-order valence-electron chi connectivity index (χ3n) is 9.48. The first-order valence-corrected chi connectivity index (χ1v) is 19.4. The number of benzene rings is 2. The molecule has 1 aliphatic heterocycles. The quantitative estimate of drug-likeness (QED) is 0.180. The highest BCUT2D eigenvalue weighted by Crippen LogP contribution is 2.42. The normalized spacial score (nSPS) is 20.7. The summed E-state index contributed by atoms with van der Waals surface area (Å²) >= 11 is 6.41. The van der Waals surface area contributed by atoms with Crippen LogP contribution in [0.4, 0.5) is 5.69 Å². The molecule has 1 amide bonds. The summed E-state index contributed by atoms with van der Waals surface area (Å²) in [7, 11) is 4.53. The van der Waals surface area contributed by atoms with E-state index in [1.165, 1.54) is 17.5 Å². The minimum atomic E-state index is -1.47. The fraction of sp³-hybridized carbons (Fsp3) is 0.658. The smallest absolute Gasteiger partial charge is 0.263 e. The number of hydrogen-bond donors (Lipinski definition) is 2. The fourth-order valence-corrected chi connectivity index (χ4v) is 7.78. The van der Waals surface area contributed by atoms with Crippen molar-refractivity contribution in [2.45, 2.75) is 83.8 Å². The molecule has 0 spiro atoms. The lowest BCUT2D eigenvalue weighted by molar-refractivity contribution is 0.0595. The number of ether oxygens (including phenoxy) is 2. The Morgan fingerprint density at radius 3 is 2.48 bits per heavy atom. The SMILES string of the molecule is CCCc1cc(Cl)ccc1C1COc2ccc(C(=O)NS(=O)C(C)C(C)CCC)cc2N(CC2CCC2CCOCCO)C1.CN(C)C. The predicted molar refractivity (Wildman–Crippen MR) is 200 cm³/mol. The number of aliphatic hydroxyl groups excluding tert-OH is 1. The summed E-state index contributed by atoms with van der Waals surface area (Å²) in [4.78, 5) is 17.8. The number of aliphatic hydroxyl groups is 1. The number of aryl methyl sites for hydroxylation is 1. The molecule has 1 aliphatic carbocycles. The number of rotatable bonds is 16. The van der Waals surface area contributed by atoms with Crippen molar-refractivity contribution in [2.24, 2.45) is 17.8 Å². The summed E-state index contributed by atoms with van der Waals surface area (Å²) in [6.07, 6.45) is 7.28. The molecule has 0 aromatic heterocycles. The highest BCUT2D eigenvalue weighted by molar-refractivity contribution is 7.84. The number of nitrogens with zero attached hydrogens (tertiary/aromatic N) is 2. The van der Waals surface area contributed by atoms with Gasteiger partial charge in [0.15, 0.2) is 0 Å². The van der Waals surface area contributed by atoms with Gasteiger partial charge < -0.3 is 24.4 Å². The molecule has 2 aromatic carbocycles. The van der Waals surface area contributed by atoms with Crippen LogP contribution in [0.3, 0.4) is 0 Å².